The Morgan fingerprint density at radius 2 is 2.06 bits per heavy atom. The number of benzene rings is 1. The molecular formula is C14H21NO. The molecule has 16 heavy (non-hydrogen) atoms. The van der Waals surface area contributed by atoms with Crippen molar-refractivity contribution in [1.82, 2.24) is 0 Å². The second kappa shape index (κ2) is 3.77. The average molecular weight is 219 g/mol. The minimum atomic E-state index is -0.196. The molecule has 88 valence electrons. The number of nitrogens with two attached hydrogens (primary N) is 1. The van der Waals surface area contributed by atoms with Gasteiger partial charge in [-0.2, -0.15) is 0 Å². The monoisotopic (exact) mass is 219 g/mol. The maximum absolute atomic E-state index is 6.30. The van der Waals surface area contributed by atoms with Crippen LogP contribution in [0, 0.1) is 6.92 Å². The van der Waals surface area contributed by atoms with Crippen molar-refractivity contribution in [1.29, 1.82) is 0 Å². The van der Waals surface area contributed by atoms with Crippen molar-refractivity contribution in [2.75, 3.05) is 0 Å². The fraction of sp³-hybridized carbons (Fsp3) is 0.571. The molecule has 0 aromatic heterocycles. The van der Waals surface area contributed by atoms with Crippen molar-refractivity contribution in [3.63, 3.8) is 0 Å². The van der Waals surface area contributed by atoms with Crippen molar-refractivity contribution in [2.24, 2.45) is 5.73 Å². The van der Waals surface area contributed by atoms with Gasteiger partial charge in [0.05, 0.1) is 6.10 Å². The topological polar surface area (TPSA) is 35.2 Å². The van der Waals surface area contributed by atoms with Gasteiger partial charge in [0.2, 0.25) is 0 Å². The summed E-state index contributed by atoms with van der Waals surface area (Å²) in [5.74, 6) is 1.40. The lowest BCUT2D eigenvalue weighted by atomic mass is 9.76. The molecule has 1 aromatic rings. The number of hydrogen-bond acceptors (Lipinski definition) is 2. The SMILES string of the molecule is Cc1cccc2c1C(C(C)(C)N)CC(C)O2. The lowest BCUT2D eigenvalue weighted by Crippen LogP contribution is -2.43. The summed E-state index contributed by atoms with van der Waals surface area (Å²) in [5, 5.41) is 0. The molecule has 0 amide bonds. The van der Waals surface area contributed by atoms with E-state index in [2.05, 4.69) is 39.8 Å². The number of ether oxygens (including phenoxy) is 1. The molecule has 2 atom stereocenters. The molecule has 0 saturated heterocycles. The summed E-state index contributed by atoms with van der Waals surface area (Å²) >= 11 is 0. The molecule has 1 aliphatic heterocycles. The van der Waals surface area contributed by atoms with Crippen LogP contribution in [0.1, 0.15) is 44.2 Å². The first-order valence-corrected chi connectivity index (χ1v) is 5.94. The van der Waals surface area contributed by atoms with Crippen molar-refractivity contribution in [2.45, 2.75) is 51.7 Å². The van der Waals surface area contributed by atoms with Gasteiger partial charge in [0.25, 0.3) is 0 Å². The summed E-state index contributed by atoms with van der Waals surface area (Å²) in [6.07, 6.45) is 1.25. The molecule has 0 radical (unpaired) electrons. The highest BCUT2D eigenvalue weighted by Gasteiger charge is 2.35. The largest absolute Gasteiger partial charge is 0.490 e. The van der Waals surface area contributed by atoms with Crippen molar-refractivity contribution in [3.8, 4) is 5.75 Å². The molecule has 0 fully saturated rings. The molecule has 1 heterocycles. The predicted octanol–water partition coefficient (Wildman–Crippen LogP) is 2.99. The normalized spacial score (nSPS) is 24.8. The Bertz CT molecular complexity index is 392. The highest BCUT2D eigenvalue weighted by molar-refractivity contribution is 5.45. The number of hydrogen-bond donors (Lipinski definition) is 1. The van der Waals surface area contributed by atoms with Gasteiger partial charge >= 0.3 is 0 Å². The van der Waals surface area contributed by atoms with Gasteiger partial charge in [0, 0.05) is 17.0 Å². The van der Waals surface area contributed by atoms with E-state index >= 15 is 0 Å². The van der Waals surface area contributed by atoms with Gasteiger partial charge < -0.3 is 10.5 Å². The first-order valence-electron chi connectivity index (χ1n) is 5.94. The molecule has 0 aliphatic carbocycles. The molecule has 0 saturated carbocycles. The van der Waals surface area contributed by atoms with E-state index in [1.165, 1.54) is 11.1 Å². The van der Waals surface area contributed by atoms with Gasteiger partial charge in [-0.25, -0.2) is 0 Å². The number of fused-ring (bicyclic) bond motifs is 1. The molecule has 2 nitrogen and oxygen atoms in total. The lowest BCUT2D eigenvalue weighted by Gasteiger charge is -2.39. The van der Waals surface area contributed by atoms with E-state index in [9.17, 15) is 0 Å². The van der Waals surface area contributed by atoms with E-state index in [1.807, 2.05) is 6.07 Å². The van der Waals surface area contributed by atoms with E-state index in [4.69, 9.17) is 10.5 Å². The second-order valence-electron chi connectivity index (χ2n) is 5.52. The van der Waals surface area contributed by atoms with Crippen LogP contribution in [0.15, 0.2) is 18.2 Å². The van der Waals surface area contributed by atoms with Crippen LogP contribution in [0.3, 0.4) is 0 Å². The van der Waals surface area contributed by atoms with Crippen LogP contribution in [0.4, 0.5) is 0 Å². The van der Waals surface area contributed by atoms with Gasteiger partial charge in [0.1, 0.15) is 5.75 Å². The van der Waals surface area contributed by atoms with Gasteiger partial charge in [-0.3, -0.25) is 0 Å². The van der Waals surface area contributed by atoms with E-state index in [0.717, 1.165) is 12.2 Å². The lowest BCUT2D eigenvalue weighted by molar-refractivity contribution is 0.155. The minimum Gasteiger partial charge on any atom is -0.490 e. The number of rotatable bonds is 1. The third-order valence-electron chi connectivity index (χ3n) is 3.43. The van der Waals surface area contributed by atoms with Crippen LogP contribution in [0.5, 0.6) is 5.75 Å². The fourth-order valence-corrected chi connectivity index (χ4v) is 2.59. The zero-order valence-electron chi connectivity index (χ0n) is 10.6. The molecule has 2 N–H and O–H groups in total. The van der Waals surface area contributed by atoms with Gasteiger partial charge in [-0.1, -0.05) is 12.1 Å². The summed E-state index contributed by atoms with van der Waals surface area (Å²) in [4.78, 5) is 0. The molecule has 2 unspecified atom stereocenters. The van der Waals surface area contributed by atoms with Crippen molar-refractivity contribution in [3.05, 3.63) is 29.3 Å². The Morgan fingerprint density at radius 1 is 1.38 bits per heavy atom. The van der Waals surface area contributed by atoms with Crippen LogP contribution in [-0.4, -0.2) is 11.6 Å². The third-order valence-corrected chi connectivity index (χ3v) is 3.43. The summed E-state index contributed by atoms with van der Waals surface area (Å²) in [6.45, 7) is 8.46. The zero-order valence-corrected chi connectivity index (χ0v) is 10.6. The standard InChI is InChI=1S/C14H21NO/c1-9-6-5-7-12-13(9)11(14(3,4)15)8-10(2)16-12/h5-7,10-11H,8,15H2,1-4H3. The highest BCUT2D eigenvalue weighted by Crippen LogP contribution is 2.42. The Morgan fingerprint density at radius 3 is 2.69 bits per heavy atom. The maximum atomic E-state index is 6.30. The molecule has 0 bridgehead atoms. The van der Waals surface area contributed by atoms with E-state index in [0.29, 0.717) is 5.92 Å². The van der Waals surface area contributed by atoms with Crippen LogP contribution in [0.2, 0.25) is 0 Å². The quantitative estimate of drug-likeness (QED) is 0.788. The fourth-order valence-electron chi connectivity index (χ4n) is 2.59. The van der Waals surface area contributed by atoms with Crippen molar-refractivity contribution >= 4 is 0 Å². The number of aryl methyl sites for hydroxylation is 1. The van der Waals surface area contributed by atoms with Gasteiger partial charge in [-0.15, -0.1) is 0 Å². The Balaban J connectivity index is 2.52. The Labute approximate surface area is 97.8 Å². The molecule has 0 spiro atoms. The summed E-state index contributed by atoms with van der Waals surface area (Å²) in [6, 6.07) is 6.24. The minimum absolute atomic E-state index is 0.196. The van der Waals surface area contributed by atoms with Crippen molar-refractivity contribution < 1.29 is 4.74 Å². The summed E-state index contributed by atoms with van der Waals surface area (Å²) < 4.78 is 5.88. The molecule has 1 aromatic carbocycles. The second-order valence-corrected chi connectivity index (χ2v) is 5.52. The molecular weight excluding hydrogens is 198 g/mol. The first-order chi connectivity index (χ1) is 7.39. The van der Waals surface area contributed by atoms with Crippen LogP contribution in [0.25, 0.3) is 0 Å². The maximum Gasteiger partial charge on any atom is 0.123 e. The molecule has 1 aliphatic rings. The Kier molecular flexibility index (Phi) is 2.70. The third kappa shape index (κ3) is 1.94. The van der Waals surface area contributed by atoms with Gasteiger partial charge in [-0.05, 0) is 45.7 Å². The zero-order chi connectivity index (χ0) is 11.9. The summed E-state index contributed by atoms with van der Waals surface area (Å²) in [5.41, 5.74) is 8.69. The van der Waals surface area contributed by atoms with E-state index < -0.39 is 0 Å². The molecule has 2 heteroatoms. The van der Waals surface area contributed by atoms with Crippen LogP contribution < -0.4 is 10.5 Å². The average Bonchev–Trinajstić information content (AvgIpc) is 2.15. The van der Waals surface area contributed by atoms with E-state index in [1.54, 1.807) is 0 Å². The Hall–Kier alpha value is -1.02. The first kappa shape index (κ1) is 11.5. The summed E-state index contributed by atoms with van der Waals surface area (Å²) in [7, 11) is 0. The smallest absolute Gasteiger partial charge is 0.123 e. The van der Waals surface area contributed by atoms with E-state index in [-0.39, 0.29) is 11.6 Å². The predicted molar refractivity (Wildman–Crippen MR) is 66.9 cm³/mol. The van der Waals surface area contributed by atoms with Crippen LogP contribution in [-0.2, 0) is 0 Å². The van der Waals surface area contributed by atoms with Crippen LogP contribution >= 0.6 is 0 Å². The highest BCUT2D eigenvalue weighted by atomic mass is 16.5. The molecule has 2 rings (SSSR count). The van der Waals surface area contributed by atoms with Gasteiger partial charge in [0.15, 0.2) is 0 Å².